The summed E-state index contributed by atoms with van der Waals surface area (Å²) in [6, 6.07) is 19.3. The highest BCUT2D eigenvalue weighted by molar-refractivity contribution is 5.23. The molecule has 0 aromatic heterocycles. The molecule has 0 N–H and O–H groups in total. The van der Waals surface area contributed by atoms with Gasteiger partial charge in [-0.15, -0.1) is 6.58 Å². The summed E-state index contributed by atoms with van der Waals surface area (Å²) < 4.78 is 17.5. The molecular weight excluding hydrogens is 276 g/mol. The van der Waals surface area contributed by atoms with E-state index in [1.54, 1.807) is 6.08 Å². The number of hydrogen-bond acceptors (Lipinski definition) is 3. The van der Waals surface area contributed by atoms with Crippen LogP contribution in [0.4, 0.5) is 0 Å². The third kappa shape index (κ3) is 5.62. The average molecular weight is 298 g/mol. The summed E-state index contributed by atoms with van der Waals surface area (Å²) >= 11 is 0. The molecule has 1 atom stereocenters. The lowest BCUT2D eigenvalue weighted by Gasteiger charge is -2.23. The quantitative estimate of drug-likeness (QED) is 0.505. The maximum Gasteiger partial charge on any atom is 0.243 e. The summed E-state index contributed by atoms with van der Waals surface area (Å²) in [7, 11) is 0. The summed E-state index contributed by atoms with van der Waals surface area (Å²) in [6.07, 6.45) is 1.96. The largest absolute Gasteiger partial charge is 0.455 e. The van der Waals surface area contributed by atoms with E-state index in [0.29, 0.717) is 13.0 Å². The molecule has 0 spiro atoms. The second kappa shape index (κ2) is 8.90. The Hall–Kier alpha value is -2.26. The van der Waals surface area contributed by atoms with Crippen molar-refractivity contribution in [3.63, 3.8) is 0 Å². The molecule has 2 aromatic carbocycles. The molecule has 0 saturated heterocycles. The van der Waals surface area contributed by atoms with Gasteiger partial charge in [0.25, 0.3) is 0 Å². The lowest BCUT2D eigenvalue weighted by atomic mass is 10.2. The topological polar surface area (TPSA) is 27.7 Å². The third-order valence-electron chi connectivity index (χ3n) is 3.04. The van der Waals surface area contributed by atoms with E-state index in [0.717, 1.165) is 11.5 Å². The zero-order chi connectivity index (χ0) is 15.6. The van der Waals surface area contributed by atoms with Gasteiger partial charge in [0, 0.05) is 6.42 Å². The molecule has 0 aliphatic heterocycles. The lowest BCUT2D eigenvalue weighted by Crippen LogP contribution is -2.29. The fourth-order valence-corrected chi connectivity index (χ4v) is 1.99. The van der Waals surface area contributed by atoms with Crippen molar-refractivity contribution >= 4 is 0 Å². The maximum absolute atomic E-state index is 5.94. The SMILES string of the molecule is C=CCOC(C)CC(Oc1ccccc1)Oc1ccccc1. The molecule has 0 amide bonds. The van der Waals surface area contributed by atoms with Gasteiger partial charge in [-0.3, -0.25) is 0 Å². The van der Waals surface area contributed by atoms with Crippen LogP contribution < -0.4 is 9.47 Å². The Morgan fingerprint density at radius 1 is 0.909 bits per heavy atom. The molecule has 22 heavy (non-hydrogen) atoms. The van der Waals surface area contributed by atoms with E-state index in [1.807, 2.05) is 67.6 Å². The van der Waals surface area contributed by atoms with E-state index in [-0.39, 0.29) is 6.10 Å². The van der Waals surface area contributed by atoms with Crippen molar-refractivity contribution in [1.82, 2.24) is 0 Å². The van der Waals surface area contributed by atoms with Gasteiger partial charge in [0.1, 0.15) is 11.5 Å². The van der Waals surface area contributed by atoms with Crippen molar-refractivity contribution in [2.45, 2.75) is 25.7 Å². The normalized spacial score (nSPS) is 11.9. The van der Waals surface area contributed by atoms with E-state index in [2.05, 4.69) is 6.58 Å². The fraction of sp³-hybridized carbons (Fsp3) is 0.263. The predicted molar refractivity (Wildman–Crippen MR) is 88.2 cm³/mol. The lowest BCUT2D eigenvalue weighted by molar-refractivity contribution is -0.0422. The van der Waals surface area contributed by atoms with Crippen LogP contribution in [-0.4, -0.2) is 19.0 Å². The van der Waals surface area contributed by atoms with Crippen LogP contribution in [0, 0.1) is 0 Å². The number of rotatable bonds is 9. The molecule has 116 valence electrons. The summed E-state index contributed by atoms with van der Waals surface area (Å²) in [4.78, 5) is 0. The molecule has 0 saturated carbocycles. The molecule has 1 unspecified atom stereocenters. The summed E-state index contributed by atoms with van der Waals surface area (Å²) in [5.41, 5.74) is 0. The van der Waals surface area contributed by atoms with Crippen LogP contribution in [0.25, 0.3) is 0 Å². The Kier molecular flexibility index (Phi) is 6.52. The minimum absolute atomic E-state index is 0.00965. The molecule has 2 rings (SSSR count). The van der Waals surface area contributed by atoms with Crippen molar-refractivity contribution in [3.05, 3.63) is 73.3 Å². The van der Waals surface area contributed by atoms with Crippen LogP contribution in [0.2, 0.25) is 0 Å². The van der Waals surface area contributed by atoms with Gasteiger partial charge in [0.05, 0.1) is 12.7 Å². The van der Waals surface area contributed by atoms with Crippen molar-refractivity contribution in [3.8, 4) is 11.5 Å². The van der Waals surface area contributed by atoms with Crippen molar-refractivity contribution in [2.24, 2.45) is 0 Å². The Bertz CT molecular complexity index is 498. The fourth-order valence-electron chi connectivity index (χ4n) is 1.99. The first-order valence-electron chi connectivity index (χ1n) is 7.44. The Balaban J connectivity index is 2.01. The van der Waals surface area contributed by atoms with Crippen LogP contribution in [0.1, 0.15) is 13.3 Å². The molecule has 0 aliphatic carbocycles. The Morgan fingerprint density at radius 2 is 1.41 bits per heavy atom. The molecular formula is C19H22O3. The van der Waals surface area contributed by atoms with Crippen molar-refractivity contribution in [1.29, 1.82) is 0 Å². The number of hydrogen-bond donors (Lipinski definition) is 0. The highest BCUT2D eigenvalue weighted by Gasteiger charge is 2.17. The second-order valence-electron chi connectivity index (χ2n) is 4.96. The van der Waals surface area contributed by atoms with E-state index in [1.165, 1.54) is 0 Å². The smallest absolute Gasteiger partial charge is 0.243 e. The Labute approximate surface area is 132 Å². The molecule has 3 heteroatoms. The maximum atomic E-state index is 5.94. The van der Waals surface area contributed by atoms with Crippen molar-refractivity contribution < 1.29 is 14.2 Å². The predicted octanol–water partition coefficient (Wildman–Crippen LogP) is 4.45. The standard InChI is InChI=1S/C19H22O3/c1-3-14-20-16(2)15-19(21-17-10-6-4-7-11-17)22-18-12-8-5-9-13-18/h3-13,16,19H,1,14-15H2,2H3. The van der Waals surface area contributed by atoms with E-state index >= 15 is 0 Å². The van der Waals surface area contributed by atoms with Gasteiger partial charge in [0.2, 0.25) is 6.29 Å². The van der Waals surface area contributed by atoms with Gasteiger partial charge in [0.15, 0.2) is 0 Å². The first-order chi connectivity index (χ1) is 10.8. The molecule has 0 radical (unpaired) electrons. The van der Waals surface area contributed by atoms with Crippen LogP contribution in [0.3, 0.4) is 0 Å². The summed E-state index contributed by atoms with van der Waals surface area (Å²) in [6.45, 7) is 6.18. The van der Waals surface area contributed by atoms with Crippen molar-refractivity contribution in [2.75, 3.05) is 6.61 Å². The van der Waals surface area contributed by atoms with Gasteiger partial charge < -0.3 is 14.2 Å². The van der Waals surface area contributed by atoms with Crippen LogP contribution in [-0.2, 0) is 4.74 Å². The van der Waals surface area contributed by atoms with Crippen LogP contribution >= 0.6 is 0 Å². The molecule has 0 heterocycles. The van der Waals surface area contributed by atoms with E-state index in [4.69, 9.17) is 14.2 Å². The number of benzene rings is 2. The van der Waals surface area contributed by atoms with Gasteiger partial charge in [-0.25, -0.2) is 0 Å². The van der Waals surface area contributed by atoms with Crippen LogP contribution in [0.5, 0.6) is 11.5 Å². The molecule has 0 fully saturated rings. The summed E-state index contributed by atoms with van der Waals surface area (Å²) in [5.74, 6) is 1.55. The van der Waals surface area contributed by atoms with Gasteiger partial charge in [-0.05, 0) is 31.2 Å². The first kappa shape index (κ1) is 16.1. The van der Waals surface area contributed by atoms with E-state index < -0.39 is 6.29 Å². The zero-order valence-electron chi connectivity index (χ0n) is 12.9. The molecule has 0 bridgehead atoms. The highest BCUT2D eigenvalue weighted by atomic mass is 16.7. The number of para-hydroxylation sites is 2. The minimum atomic E-state index is -0.412. The molecule has 0 aliphatic rings. The average Bonchev–Trinajstić information content (AvgIpc) is 2.55. The van der Waals surface area contributed by atoms with E-state index in [9.17, 15) is 0 Å². The minimum Gasteiger partial charge on any atom is -0.455 e. The first-order valence-corrected chi connectivity index (χ1v) is 7.44. The zero-order valence-corrected chi connectivity index (χ0v) is 12.9. The van der Waals surface area contributed by atoms with Crippen LogP contribution in [0.15, 0.2) is 73.3 Å². The number of ether oxygens (including phenoxy) is 3. The second-order valence-corrected chi connectivity index (χ2v) is 4.96. The van der Waals surface area contributed by atoms with Gasteiger partial charge >= 0.3 is 0 Å². The summed E-state index contributed by atoms with van der Waals surface area (Å²) in [5, 5.41) is 0. The Morgan fingerprint density at radius 3 is 1.86 bits per heavy atom. The van der Waals surface area contributed by atoms with Gasteiger partial charge in [-0.2, -0.15) is 0 Å². The molecule has 2 aromatic rings. The molecule has 3 nitrogen and oxygen atoms in total. The monoisotopic (exact) mass is 298 g/mol. The highest BCUT2D eigenvalue weighted by Crippen LogP contribution is 2.19. The third-order valence-corrected chi connectivity index (χ3v) is 3.04. The van der Waals surface area contributed by atoms with Gasteiger partial charge in [-0.1, -0.05) is 42.5 Å².